The van der Waals surface area contributed by atoms with Gasteiger partial charge in [0.1, 0.15) is 10.7 Å². The molecule has 244 valence electrons. The van der Waals surface area contributed by atoms with Crippen LogP contribution in [0.2, 0.25) is 5.02 Å². The summed E-state index contributed by atoms with van der Waals surface area (Å²) in [6.45, 7) is 5.91. The number of hydrogen-bond acceptors (Lipinski definition) is 10. The second-order valence-electron chi connectivity index (χ2n) is 12.6. The van der Waals surface area contributed by atoms with E-state index < -0.39 is 15.7 Å². The van der Waals surface area contributed by atoms with Crippen molar-refractivity contribution in [1.82, 2.24) is 24.5 Å². The van der Waals surface area contributed by atoms with Crippen molar-refractivity contribution >= 4 is 51.1 Å². The zero-order chi connectivity index (χ0) is 32.6. The molecule has 1 spiro atoms. The molecular weight excluding hydrogens is 646 g/mol. The van der Waals surface area contributed by atoms with Crippen LogP contribution in [0.25, 0.3) is 10.9 Å². The van der Waals surface area contributed by atoms with Crippen LogP contribution in [-0.4, -0.2) is 65.4 Å². The summed E-state index contributed by atoms with van der Waals surface area (Å²) < 4.78 is 18.5. The van der Waals surface area contributed by atoms with Crippen LogP contribution in [0.1, 0.15) is 56.0 Å². The highest BCUT2D eigenvalue weighted by molar-refractivity contribution is 7.99. The third-order valence-corrected chi connectivity index (χ3v) is 12.2. The molecule has 3 N–H and O–H groups in total. The third-order valence-electron chi connectivity index (χ3n) is 9.46. The monoisotopic (exact) mass is 683 g/mol. The molecule has 0 amide bonds. The number of halogens is 1. The van der Waals surface area contributed by atoms with Gasteiger partial charge in [-0.3, -0.25) is 19.5 Å². The highest BCUT2D eigenvalue weighted by atomic mass is 35.5. The van der Waals surface area contributed by atoms with Crippen LogP contribution in [0.5, 0.6) is 0 Å². The van der Waals surface area contributed by atoms with Gasteiger partial charge in [0.2, 0.25) is 0 Å². The SMILES string of the molecule is COCCn1cnc2ccc(Sc3cnc(N4CCC5(CC4)Cc4ncccc4[C@H]5CC(C)(C)S(N)=O)c(CO)n3)c(Cl)c2c1=O. The fourth-order valence-corrected chi connectivity index (χ4v) is 8.34. The number of methoxy groups -OCH3 is 1. The Bertz CT molecular complexity index is 1850. The fraction of sp³-hybridized carbons (Fsp3) is 0.469. The molecule has 2 atom stereocenters. The second-order valence-corrected chi connectivity index (χ2v) is 15.8. The number of hydrogen-bond donors (Lipinski definition) is 2. The van der Waals surface area contributed by atoms with Crippen LogP contribution in [0, 0.1) is 5.41 Å². The number of fused-ring (bicyclic) bond motifs is 2. The lowest BCUT2D eigenvalue weighted by Gasteiger charge is -2.45. The fourth-order valence-electron chi connectivity index (χ4n) is 6.84. The van der Waals surface area contributed by atoms with Gasteiger partial charge in [-0.2, -0.15) is 0 Å². The topological polar surface area (TPSA) is 149 Å². The lowest BCUT2D eigenvalue weighted by atomic mass is 9.67. The number of nitrogens with zero attached hydrogens (tertiary/aromatic N) is 6. The van der Waals surface area contributed by atoms with E-state index in [1.807, 2.05) is 32.2 Å². The molecule has 0 bridgehead atoms. The molecule has 1 aliphatic carbocycles. The molecule has 1 saturated heterocycles. The average molecular weight is 684 g/mol. The number of anilines is 1. The third kappa shape index (κ3) is 6.20. The van der Waals surface area contributed by atoms with Gasteiger partial charge in [0.05, 0.1) is 63.9 Å². The van der Waals surface area contributed by atoms with Gasteiger partial charge in [0.25, 0.3) is 5.56 Å². The number of aliphatic hydroxyl groups is 1. The van der Waals surface area contributed by atoms with Crippen molar-refractivity contribution < 1.29 is 14.1 Å². The maximum Gasteiger partial charge on any atom is 0.262 e. The number of aliphatic hydroxyl groups excluding tert-OH is 1. The lowest BCUT2D eigenvalue weighted by Crippen LogP contribution is -2.45. The molecule has 1 fully saturated rings. The van der Waals surface area contributed by atoms with Crippen molar-refractivity contribution in [1.29, 1.82) is 0 Å². The number of ether oxygens (including phenoxy) is 1. The minimum atomic E-state index is -1.45. The van der Waals surface area contributed by atoms with E-state index >= 15 is 0 Å². The van der Waals surface area contributed by atoms with E-state index in [0.29, 0.717) is 50.5 Å². The van der Waals surface area contributed by atoms with Gasteiger partial charge in [-0.25, -0.2) is 19.2 Å². The first-order chi connectivity index (χ1) is 22.1. The van der Waals surface area contributed by atoms with Crippen molar-refractivity contribution in [2.45, 2.75) is 73.3 Å². The van der Waals surface area contributed by atoms with Crippen LogP contribution in [0.4, 0.5) is 5.82 Å². The summed E-state index contributed by atoms with van der Waals surface area (Å²) in [4.78, 5) is 34.6. The van der Waals surface area contributed by atoms with Crippen LogP contribution in [0.15, 0.2) is 57.7 Å². The number of nitrogens with two attached hydrogens (primary N) is 1. The molecule has 1 aromatic carbocycles. The van der Waals surface area contributed by atoms with Crippen LogP contribution >= 0.6 is 23.4 Å². The van der Waals surface area contributed by atoms with Gasteiger partial charge >= 0.3 is 0 Å². The Morgan fingerprint density at radius 1 is 1.22 bits per heavy atom. The minimum absolute atomic E-state index is 0.0176. The van der Waals surface area contributed by atoms with Crippen molar-refractivity contribution in [3.63, 3.8) is 0 Å². The Morgan fingerprint density at radius 3 is 2.72 bits per heavy atom. The zero-order valence-electron chi connectivity index (χ0n) is 26.1. The Balaban J connectivity index is 1.22. The summed E-state index contributed by atoms with van der Waals surface area (Å²) in [6, 6.07) is 7.72. The van der Waals surface area contributed by atoms with E-state index in [0.717, 1.165) is 44.5 Å². The number of piperidine rings is 1. The van der Waals surface area contributed by atoms with Gasteiger partial charge in [-0.1, -0.05) is 29.4 Å². The van der Waals surface area contributed by atoms with E-state index in [4.69, 9.17) is 36.4 Å². The average Bonchev–Trinajstić information content (AvgIpc) is 3.33. The molecular formula is C32H38ClN7O4S2. The largest absolute Gasteiger partial charge is 0.390 e. The Morgan fingerprint density at radius 2 is 2.00 bits per heavy atom. The molecule has 1 unspecified atom stereocenters. The smallest absolute Gasteiger partial charge is 0.262 e. The van der Waals surface area contributed by atoms with E-state index in [9.17, 15) is 14.1 Å². The molecule has 11 nitrogen and oxygen atoms in total. The van der Waals surface area contributed by atoms with Crippen molar-refractivity contribution in [3.05, 3.63) is 75.3 Å². The summed E-state index contributed by atoms with van der Waals surface area (Å²) >= 11 is 8.04. The van der Waals surface area contributed by atoms with E-state index in [1.54, 1.807) is 19.4 Å². The van der Waals surface area contributed by atoms with Gasteiger partial charge < -0.3 is 14.7 Å². The van der Waals surface area contributed by atoms with Gasteiger partial charge in [-0.15, -0.1) is 0 Å². The van der Waals surface area contributed by atoms with Gasteiger partial charge in [0.15, 0.2) is 5.82 Å². The highest BCUT2D eigenvalue weighted by Gasteiger charge is 2.50. The highest BCUT2D eigenvalue weighted by Crippen LogP contribution is 2.56. The molecule has 0 radical (unpaired) electrons. The first kappa shape index (κ1) is 33.0. The first-order valence-electron chi connectivity index (χ1n) is 15.2. The molecule has 3 aromatic heterocycles. The maximum atomic E-state index is 13.1. The van der Waals surface area contributed by atoms with Crippen LogP contribution in [-0.2, 0) is 35.3 Å². The maximum absolute atomic E-state index is 13.1. The predicted molar refractivity (Wildman–Crippen MR) is 181 cm³/mol. The summed E-state index contributed by atoms with van der Waals surface area (Å²) in [5.74, 6) is 0.860. The summed E-state index contributed by atoms with van der Waals surface area (Å²) in [5, 5.41) is 17.5. The predicted octanol–water partition coefficient (Wildman–Crippen LogP) is 4.24. The zero-order valence-corrected chi connectivity index (χ0v) is 28.5. The van der Waals surface area contributed by atoms with E-state index in [-0.39, 0.29) is 23.5 Å². The Hall–Kier alpha value is -2.94. The molecule has 0 saturated carbocycles. The second kappa shape index (κ2) is 13.3. The van der Waals surface area contributed by atoms with Gasteiger partial charge in [-0.05, 0) is 74.6 Å². The number of pyridine rings is 1. The molecule has 6 rings (SSSR count). The number of rotatable bonds is 10. The Kier molecular flexibility index (Phi) is 9.52. The standard InChI is InChI=1S/C32H38ClN7O4S2/c1-31(2,46(34)43)15-21-20-5-4-10-35-23(20)16-32(21)8-11-39(12-9-32)29-24(18-41)38-26(17-36-29)45-25-7-6-22-27(28(25)33)30(42)40(19-37-22)13-14-44-3/h4-7,10,17,19,21,41H,8-9,11-16,18,34H2,1-3H3/t21-,46?/m1/s1. The number of benzene rings is 1. The van der Waals surface area contributed by atoms with E-state index in [2.05, 4.69) is 16.0 Å². The van der Waals surface area contributed by atoms with E-state index in [1.165, 1.54) is 28.2 Å². The first-order valence-corrected chi connectivity index (χ1v) is 17.6. The van der Waals surface area contributed by atoms with Crippen molar-refractivity contribution in [2.75, 3.05) is 31.7 Å². The quantitative estimate of drug-likeness (QED) is 0.249. The molecule has 4 heterocycles. The van der Waals surface area contributed by atoms with Crippen LogP contribution in [0.3, 0.4) is 0 Å². The molecule has 2 aliphatic rings. The van der Waals surface area contributed by atoms with Crippen molar-refractivity contribution in [2.24, 2.45) is 10.6 Å². The molecule has 1 aliphatic heterocycles. The molecule has 14 heteroatoms. The summed E-state index contributed by atoms with van der Waals surface area (Å²) in [5.41, 5.74) is 3.09. The summed E-state index contributed by atoms with van der Waals surface area (Å²) in [7, 11) is 0.126. The number of aromatic nitrogens is 5. The normalized spacial score (nSPS) is 18.3. The Labute approximate surface area is 279 Å². The minimum Gasteiger partial charge on any atom is -0.390 e. The van der Waals surface area contributed by atoms with Crippen LogP contribution < -0.4 is 15.6 Å². The lowest BCUT2D eigenvalue weighted by molar-refractivity contribution is 0.169. The molecule has 46 heavy (non-hydrogen) atoms. The van der Waals surface area contributed by atoms with Gasteiger partial charge in [0, 0.05) is 37.0 Å². The summed E-state index contributed by atoms with van der Waals surface area (Å²) in [6.07, 6.45) is 8.42. The molecule has 4 aromatic rings. The van der Waals surface area contributed by atoms with Crippen molar-refractivity contribution in [3.8, 4) is 0 Å².